The van der Waals surface area contributed by atoms with Crippen LogP contribution in [0.4, 0.5) is 0 Å². The summed E-state index contributed by atoms with van der Waals surface area (Å²) in [6.07, 6.45) is 2.23. The van der Waals surface area contributed by atoms with E-state index in [1.54, 1.807) is 0 Å². The second-order valence-corrected chi connectivity index (χ2v) is 13.0. The van der Waals surface area contributed by atoms with Crippen LogP contribution in [0.3, 0.4) is 0 Å². The van der Waals surface area contributed by atoms with Crippen LogP contribution in [0.2, 0.25) is 0 Å². The number of pyridine rings is 2. The van der Waals surface area contributed by atoms with Gasteiger partial charge in [0.05, 0.1) is 27.3 Å². The molecule has 0 atom stereocenters. The van der Waals surface area contributed by atoms with Crippen molar-refractivity contribution in [2.24, 2.45) is 7.05 Å². The van der Waals surface area contributed by atoms with Crippen LogP contribution < -0.4 is 4.57 Å². The lowest BCUT2D eigenvalue weighted by Crippen LogP contribution is -2.29. The van der Waals surface area contributed by atoms with E-state index in [2.05, 4.69) is 131 Å². The topological polar surface area (TPSA) is 8.29 Å². The molecule has 0 spiro atoms. The minimum atomic E-state index is -0.0373. The fraction of sp³-hybridized carbons (Fsp3) is 0.286. The highest BCUT2D eigenvalue weighted by Gasteiger charge is 2.30. The zero-order chi connectivity index (χ0) is 26.0. The van der Waals surface area contributed by atoms with E-state index in [0.717, 1.165) is 0 Å². The van der Waals surface area contributed by atoms with E-state index in [-0.39, 0.29) is 10.8 Å². The van der Waals surface area contributed by atoms with E-state index < -0.39 is 0 Å². The van der Waals surface area contributed by atoms with Gasteiger partial charge in [-0.3, -0.25) is 0 Å². The zero-order valence-electron chi connectivity index (χ0n) is 23.2. The largest absolute Gasteiger partial charge is 0.307 e. The summed E-state index contributed by atoms with van der Waals surface area (Å²) < 4.78 is 4.96. The molecular weight excluding hydrogens is 448 g/mol. The molecule has 0 N–H and O–H groups in total. The van der Waals surface area contributed by atoms with Crippen LogP contribution in [-0.2, 0) is 17.9 Å². The first-order valence-electron chi connectivity index (χ1n) is 13.4. The molecule has 0 bridgehead atoms. The molecule has 0 aliphatic heterocycles. The van der Waals surface area contributed by atoms with Crippen molar-refractivity contribution in [3.63, 3.8) is 0 Å². The molecule has 0 unspecified atom stereocenters. The summed E-state index contributed by atoms with van der Waals surface area (Å²) in [7, 11) is 2.21. The second kappa shape index (κ2) is 7.01. The van der Waals surface area contributed by atoms with Gasteiger partial charge in [-0.1, -0.05) is 84.0 Å². The van der Waals surface area contributed by atoms with E-state index in [4.69, 9.17) is 0 Å². The first-order chi connectivity index (χ1) is 17.5. The monoisotopic (exact) mass is 483 g/mol. The number of aromatic nitrogens is 2. The third kappa shape index (κ3) is 2.84. The molecule has 0 fully saturated rings. The van der Waals surface area contributed by atoms with Gasteiger partial charge >= 0.3 is 0 Å². The van der Waals surface area contributed by atoms with Crippen LogP contribution in [0.25, 0.3) is 59.8 Å². The molecule has 3 aromatic heterocycles. The van der Waals surface area contributed by atoms with Gasteiger partial charge in [-0.25, -0.2) is 4.57 Å². The maximum atomic E-state index is 2.61. The summed E-state index contributed by atoms with van der Waals surface area (Å²) in [4.78, 5) is 0. The molecular formula is C35H35N2+. The molecule has 7 rings (SSSR count). The van der Waals surface area contributed by atoms with Gasteiger partial charge in [0.15, 0.2) is 6.20 Å². The van der Waals surface area contributed by atoms with Crippen LogP contribution in [0.5, 0.6) is 0 Å². The molecule has 184 valence electrons. The number of hydrogen-bond donors (Lipinski definition) is 0. The summed E-state index contributed by atoms with van der Waals surface area (Å²) in [5, 5.41) is 9.44. The highest BCUT2D eigenvalue weighted by Crippen LogP contribution is 2.46. The van der Waals surface area contributed by atoms with Crippen molar-refractivity contribution in [3.05, 3.63) is 83.6 Å². The first kappa shape index (κ1) is 22.5. The normalized spacial score (nSPS) is 13.4. The van der Waals surface area contributed by atoms with Gasteiger partial charge < -0.3 is 4.40 Å². The van der Waals surface area contributed by atoms with Crippen molar-refractivity contribution in [1.82, 2.24) is 4.40 Å². The van der Waals surface area contributed by atoms with Crippen molar-refractivity contribution in [2.45, 2.75) is 59.3 Å². The summed E-state index contributed by atoms with van der Waals surface area (Å²) in [5.41, 5.74) is 9.55. The molecule has 0 aliphatic carbocycles. The van der Waals surface area contributed by atoms with Gasteiger partial charge in [0.25, 0.3) is 0 Å². The Labute approximate surface area is 218 Å². The van der Waals surface area contributed by atoms with Crippen molar-refractivity contribution >= 4 is 59.8 Å². The van der Waals surface area contributed by atoms with Crippen molar-refractivity contribution in [3.8, 4) is 0 Å². The Balaban J connectivity index is 1.93. The maximum absolute atomic E-state index is 2.61. The van der Waals surface area contributed by atoms with E-state index >= 15 is 0 Å². The summed E-state index contributed by atoms with van der Waals surface area (Å²) in [6, 6.07) is 23.1. The van der Waals surface area contributed by atoms with Gasteiger partial charge in [0.1, 0.15) is 7.05 Å². The quantitative estimate of drug-likeness (QED) is 0.116. The van der Waals surface area contributed by atoms with Gasteiger partial charge in [-0.05, 0) is 62.7 Å². The van der Waals surface area contributed by atoms with Crippen molar-refractivity contribution in [1.29, 1.82) is 0 Å². The Bertz CT molecular complexity index is 2060. The predicted octanol–water partition coefficient (Wildman–Crippen LogP) is 8.87. The summed E-state index contributed by atoms with van der Waals surface area (Å²) in [5.74, 6) is 0. The smallest absolute Gasteiger partial charge is 0.224 e. The lowest BCUT2D eigenvalue weighted by molar-refractivity contribution is -0.643. The van der Waals surface area contributed by atoms with Crippen LogP contribution in [-0.4, -0.2) is 4.40 Å². The first-order valence-corrected chi connectivity index (χ1v) is 13.4. The highest BCUT2D eigenvalue weighted by atomic mass is 15.0. The molecule has 0 saturated heterocycles. The predicted molar refractivity (Wildman–Crippen MR) is 159 cm³/mol. The number of fused-ring (bicyclic) bond motifs is 7. The van der Waals surface area contributed by atoms with Gasteiger partial charge in [0, 0.05) is 16.8 Å². The van der Waals surface area contributed by atoms with E-state index in [0.29, 0.717) is 0 Å². The Morgan fingerprint density at radius 3 is 2.11 bits per heavy atom. The Kier molecular flexibility index (Phi) is 4.27. The lowest BCUT2D eigenvalue weighted by atomic mass is 9.80. The molecule has 0 amide bonds. The highest BCUT2D eigenvalue weighted by molar-refractivity contribution is 6.29. The molecule has 37 heavy (non-hydrogen) atoms. The number of nitrogens with zero attached hydrogens (tertiary/aromatic N) is 2. The third-order valence-electron chi connectivity index (χ3n) is 8.55. The molecule has 0 saturated carbocycles. The zero-order valence-corrected chi connectivity index (χ0v) is 23.2. The average molecular weight is 484 g/mol. The molecule has 0 aliphatic rings. The molecule has 2 heteroatoms. The van der Waals surface area contributed by atoms with Gasteiger partial charge in [-0.2, -0.15) is 0 Å². The fourth-order valence-corrected chi connectivity index (χ4v) is 6.82. The third-order valence-corrected chi connectivity index (χ3v) is 8.55. The van der Waals surface area contributed by atoms with Crippen LogP contribution in [0, 0.1) is 6.92 Å². The average Bonchev–Trinajstić information content (AvgIpc) is 3.17. The number of benzene rings is 4. The lowest BCUT2D eigenvalue weighted by Gasteiger charge is -2.26. The van der Waals surface area contributed by atoms with Crippen molar-refractivity contribution < 1.29 is 4.57 Å². The van der Waals surface area contributed by atoms with Gasteiger partial charge in [-0.15, -0.1) is 0 Å². The minimum Gasteiger partial charge on any atom is -0.307 e. The number of aryl methyl sites for hydroxylation is 2. The van der Waals surface area contributed by atoms with E-state index in [9.17, 15) is 0 Å². The molecule has 2 nitrogen and oxygen atoms in total. The molecule has 3 heterocycles. The minimum absolute atomic E-state index is 0.0373. The van der Waals surface area contributed by atoms with Gasteiger partial charge in [0.2, 0.25) is 5.52 Å². The van der Waals surface area contributed by atoms with E-state index in [1.807, 2.05) is 0 Å². The van der Waals surface area contributed by atoms with Crippen LogP contribution in [0.1, 0.15) is 58.2 Å². The SMILES string of the molecule is Cc1c2ccccc2c(C(C)(C)C)c2c1c1c3c(ccc4c5cc(C(C)(C)C)ccc5n2c43)cc[n+]1C. The number of hydrogen-bond acceptors (Lipinski definition) is 0. The molecule has 0 radical (unpaired) electrons. The van der Waals surface area contributed by atoms with Crippen LogP contribution >= 0.6 is 0 Å². The fourth-order valence-electron chi connectivity index (χ4n) is 6.82. The Hall–Kier alpha value is -3.65. The van der Waals surface area contributed by atoms with Crippen LogP contribution in [0.15, 0.2) is 66.9 Å². The Morgan fingerprint density at radius 2 is 1.41 bits per heavy atom. The number of rotatable bonds is 0. The standard InChI is InChI=1S/C35H35N2/c1-20-23-11-9-10-12-24(23)30(35(5,6)7)33-28(20)32-29-21(17-18-36(32)8)13-15-25-26-19-22(34(2,3)4)14-16-27(26)37(33)31(25)29/h9-19H,1-8H3/q+1. The molecule has 7 aromatic rings. The maximum Gasteiger partial charge on any atom is 0.224 e. The summed E-state index contributed by atoms with van der Waals surface area (Å²) >= 11 is 0. The Morgan fingerprint density at radius 1 is 0.676 bits per heavy atom. The van der Waals surface area contributed by atoms with E-state index in [1.165, 1.54) is 76.5 Å². The summed E-state index contributed by atoms with van der Waals surface area (Å²) in [6.45, 7) is 16.3. The van der Waals surface area contributed by atoms with Crippen molar-refractivity contribution in [2.75, 3.05) is 0 Å². The molecule has 4 aromatic carbocycles. The second-order valence-electron chi connectivity index (χ2n) is 13.0.